The highest BCUT2D eigenvalue weighted by atomic mass is 32.2. The van der Waals surface area contributed by atoms with Crippen LogP contribution in [0.15, 0.2) is 40.5 Å². The molecular weight excluding hydrogens is 356 g/mol. The predicted octanol–water partition coefficient (Wildman–Crippen LogP) is 2.30. The van der Waals surface area contributed by atoms with Gasteiger partial charge in [-0.05, 0) is 24.6 Å². The lowest BCUT2D eigenvalue weighted by Crippen LogP contribution is -2.45. The molecule has 1 amide bonds. The molecule has 2 heterocycles. The fraction of sp³-hybridized carbons (Fsp3) is 0.333. The lowest BCUT2D eigenvalue weighted by Gasteiger charge is -2.38. The third-order valence-electron chi connectivity index (χ3n) is 4.26. The SMILES string of the molecule is COC(=O)C1=C(C)N=C2SCCC(=O)N2[C@@H]1c1ccc(C(=O)OC)cc1. The summed E-state index contributed by atoms with van der Waals surface area (Å²) in [6.45, 7) is 1.73. The van der Waals surface area contributed by atoms with E-state index < -0.39 is 18.0 Å². The third kappa shape index (κ3) is 3.12. The molecule has 1 aromatic rings. The van der Waals surface area contributed by atoms with Gasteiger partial charge >= 0.3 is 11.9 Å². The molecule has 0 bridgehead atoms. The first-order valence-electron chi connectivity index (χ1n) is 7.98. The van der Waals surface area contributed by atoms with Crippen molar-refractivity contribution in [1.82, 2.24) is 4.90 Å². The average molecular weight is 374 g/mol. The summed E-state index contributed by atoms with van der Waals surface area (Å²) in [5, 5.41) is 0.577. The second-order valence-electron chi connectivity index (χ2n) is 5.76. The summed E-state index contributed by atoms with van der Waals surface area (Å²) < 4.78 is 9.63. The third-order valence-corrected chi connectivity index (χ3v) is 5.21. The van der Waals surface area contributed by atoms with Gasteiger partial charge in [-0.1, -0.05) is 23.9 Å². The molecule has 1 saturated heterocycles. The van der Waals surface area contributed by atoms with Crippen LogP contribution in [0, 0.1) is 0 Å². The summed E-state index contributed by atoms with van der Waals surface area (Å²) >= 11 is 1.48. The number of hydrogen-bond acceptors (Lipinski definition) is 7. The van der Waals surface area contributed by atoms with Crippen molar-refractivity contribution in [3.05, 3.63) is 46.7 Å². The van der Waals surface area contributed by atoms with E-state index in [2.05, 4.69) is 4.99 Å². The lowest BCUT2D eigenvalue weighted by molar-refractivity contribution is -0.137. The maximum atomic E-state index is 12.6. The van der Waals surface area contributed by atoms with E-state index in [0.29, 0.717) is 39.7 Å². The Hall–Kier alpha value is -2.61. The Morgan fingerprint density at radius 1 is 1.15 bits per heavy atom. The number of aliphatic imine (C=N–C) groups is 1. The van der Waals surface area contributed by atoms with Crippen LogP contribution in [-0.2, 0) is 19.1 Å². The predicted molar refractivity (Wildman–Crippen MR) is 96.6 cm³/mol. The zero-order valence-corrected chi connectivity index (χ0v) is 15.5. The second kappa shape index (κ2) is 7.33. The van der Waals surface area contributed by atoms with Crippen molar-refractivity contribution in [3.63, 3.8) is 0 Å². The smallest absolute Gasteiger partial charge is 0.338 e. The number of amidine groups is 1. The molecule has 3 rings (SSSR count). The Kier molecular flexibility index (Phi) is 5.13. The second-order valence-corrected chi connectivity index (χ2v) is 6.83. The number of ether oxygens (including phenoxy) is 2. The Morgan fingerprint density at radius 2 is 1.81 bits per heavy atom. The van der Waals surface area contributed by atoms with Crippen molar-refractivity contribution in [2.24, 2.45) is 4.99 Å². The molecule has 0 N–H and O–H groups in total. The van der Waals surface area contributed by atoms with Crippen molar-refractivity contribution >= 4 is 34.8 Å². The number of carbonyl (C=O) groups excluding carboxylic acids is 3. The molecule has 8 heteroatoms. The van der Waals surface area contributed by atoms with Gasteiger partial charge in [-0.3, -0.25) is 9.69 Å². The van der Waals surface area contributed by atoms with E-state index in [-0.39, 0.29) is 5.91 Å². The quantitative estimate of drug-likeness (QED) is 0.755. The first kappa shape index (κ1) is 18.2. The molecule has 0 aromatic heterocycles. The fourth-order valence-electron chi connectivity index (χ4n) is 3.00. The van der Waals surface area contributed by atoms with Gasteiger partial charge < -0.3 is 9.47 Å². The Morgan fingerprint density at radius 3 is 2.42 bits per heavy atom. The molecular formula is C18H18N2O5S. The number of fused-ring (bicyclic) bond motifs is 1. The van der Waals surface area contributed by atoms with Crippen molar-refractivity contribution in [1.29, 1.82) is 0 Å². The molecule has 0 spiro atoms. The molecule has 2 aliphatic heterocycles. The number of amides is 1. The molecule has 0 aliphatic carbocycles. The van der Waals surface area contributed by atoms with E-state index in [4.69, 9.17) is 9.47 Å². The number of nitrogens with zero attached hydrogens (tertiary/aromatic N) is 2. The Bertz CT molecular complexity index is 828. The van der Waals surface area contributed by atoms with E-state index in [0.717, 1.165) is 0 Å². The van der Waals surface area contributed by atoms with Gasteiger partial charge in [0.05, 0.1) is 37.1 Å². The molecule has 1 atom stereocenters. The molecule has 0 radical (unpaired) electrons. The van der Waals surface area contributed by atoms with Gasteiger partial charge in [0.15, 0.2) is 5.17 Å². The van der Waals surface area contributed by atoms with Crippen LogP contribution in [0.5, 0.6) is 0 Å². The van der Waals surface area contributed by atoms with E-state index >= 15 is 0 Å². The fourth-order valence-corrected chi connectivity index (χ4v) is 4.01. The first-order valence-corrected chi connectivity index (χ1v) is 8.97. The van der Waals surface area contributed by atoms with Crippen molar-refractivity contribution in [2.45, 2.75) is 19.4 Å². The zero-order chi connectivity index (χ0) is 18.8. The largest absolute Gasteiger partial charge is 0.466 e. The van der Waals surface area contributed by atoms with Gasteiger partial charge in [0.2, 0.25) is 5.91 Å². The highest BCUT2D eigenvalue weighted by molar-refractivity contribution is 8.14. The number of benzene rings is 1. The van der Waals surface area contributed by atoms with E-state index in [1.165, 1.54) is 26.0 Å². The number of rotatable bonds is 3. The summed E-state index contributed by atoms with van der Waals surface area (Å²) in [6.07, 6.45) is 0.369. The highest BCUT2D eigenvalue weighted by Gasteiger charge is 2.41. The number of carbonyl (C=O) groups is 3. The standard InChI is InChI=1S/C18H18N2O5S/c1-10-14(17(23)25-3)15(20-13(21)8-9-26-18(20)19-10)11-4-6-12(7-5-11)16(22)24-2/h4-7,15H,8-9H2,1-3H3/t15-/m1/s1. The molecule has 2 aliphatic rings. The first-order chi connectivity index (χ1) is 12.5. The lowest BCUT2D eigenvalue weighted by atomic mass is 9.93. The van der Waals surface area contributed by atoms with Crippen LogP contribution in [0.25, 0.3) is 0 Å². The molecule has 136 valence electrons. The van der Waals surface area contributed by atoms with E-state index in [1.54, 1.807) is 36.1 Å². The Labute approximate surface area is 155 Å². The zero-order valence-electron chi connectivity index (χ0n) is 14.6. The van der Waals surface area contributed by atoms with Gasteiger partial charge in [0.25, 0.3) is 0 Å². The summed E-state index contributed by atoms with van der Waals surface area (Å²) in [5.41, 5.74) is 1.92. The van der Waals surface area contributed by atoms with Crippen molar-refractivity contribution < 1.29 is 23.9 Å². The number of esters is 2. The van der Waals surface area contributed by atoms with Crippen LogP contribution in [0.3, 0.4) is 0 Å². The summed E-state index contributed by atoms with van der Waals surface area (Å²) in [4.78, 5) is 42.6. The van der Waals surface area contributed by atoms with E-state index in [1.807, 2.05) is 0 Å². The summed E-state index contributed by atoms with van der Waals surface area (Å²) in [6, 6.07) is 6.00. The average Bonchev–Trinajstić information content (AvgIpc) is 2.66. The van der Waals surface area contributed by atoms with Gasteiger partial charge in [-0.15, -0.1) is 0 Å². The number of hydrogen-bond donors (Lipinski definition) is 0. The van der Waals surface area contributed by atoms with Gasteiger partial charge in [0.1, 0.15) is 0 Å². The normalized spacial score (nSPS) is 19.7. The van der Waals surface area contributed by atoms with Crippen LogP contribution < -0.4 is 0 Å². The monoisotopic (exact) mass is 374 g/mol. The van der Waals surface area contributed by atoms with Crippen molar-refractivity contribution in [3.8, 4) is 0 Å². The van der Waals surface area contributed by atoms with Gasteiger partial charge in [0, 0.05) is 12.2 Å². The van der Waals surface area contributed by atoms with Gasteiger partial charge in [-0.25, -0.2) is 14.6 Å². The minimum absolute atomic E-state index is 0.0987. The minimum Gasteiger partial charge on any atom is -0.466 e. The van der Waals surface area contributed by atoms with Crippen LogP contribution in [0.2, 0.25) is 0 Å². The highest BCUT2D eigenvalue weighted by Crippen LogP contribution is 2.40. The molecule has 1 aromatic carbocycles. The van der Waals surface area contributed by atoms with E-state index in [9.17, 15) is 14.4 Å². The van der Waals surface area contributed by atoms with Gasteiger partial charge in [-0.2, -0.15) is 0 Å². The number of thioether (sulfide) groups is 1. The molecule has 0 saturated carbocycles. The number of allylic oxidation sites excluding steroid dienone is 1. The summed E-state index contributed by atoms with van der Waals surface area (Å²) in [5.74, 6) is -0.427. The van der Waals surface area contributed by atoms with Crippen LogP contribution in [0.4, 0.5) is 0 Å². The maximum Gasteiger partial charge on any atom is 0.338 e. The van der Waals surface area contributed by atoms with Crippen molar-refractivity contribution in [2.75, 3.05) is 20.0 Å². The number of methoxy groups -OCH3 is 2. The minimum atomic E-state index is -0.637. The summed E-state index contributed by atoms with van der Waals surface area (Å²) in [7, 11) is 2.61. The Balaban J connectivity index is 2.10. The molecule has 1 fully saturated rings. The van der Waals surface area contributed by atoms with Crippen LogP contribution in [0.1, 0.15) is 35.3 Å². The molecule has 0 unspecified atom stereocenters. The maximum absolute atomic E-state index is 12.6. The molecule has 26 heavy (non-hydrogen) atoms. The van der Waals surface area contributed by atoms with Crippen LogP contribution >= 0.6 is 11.8 Å². The van der Waals surface area contributed by atoms with Crippen LogP contribution in [-0.4, -0.2) is 47.9 Å². The topological polar surface area (TPSA) is 85.3 Å². The molecule has 7 nitrogen and oxygen atoms in total.